The molecule has 0 aliphatic carbocycles. The van der Waals surface area contributed by atoms with Gasteiger partial charge in [0.25, 0.3) is 0 Å². The Balaban J connectivity index is 1.51. The van der Waals surface area contributed by atoms with Crippen LogP contribution in [0.25, 0.3) is 0 Å². The van der Waals surface area contributed by atoms with E-state index in [0.717, 1.165) is 12.0 Å². The van der Waals surface area contributed by atoms with Gasteiger partial charge in [-0.2, -0.15) is 4.31 Å². The molecule has 2 fully saturated rings. The van der Waals surface area contributed by atoms with Crippen LogP contribution in [0.2, 0.25) is 0 Å². The number of anilines is 1. The van der Waals surface area contributed by atoms with Gasteiger partial charge >= 0.3 is 6.09 Å². The Morgan fingerprint density at radius 1 is 1.13 bits per heavy atom. The van der Waals surface area contributed by atoms with Gasteiger partial charge in [0.15, 0.2) is 6.29 Å². The van der Waals surface area contributed by atoms with Gasteiger partial charge in [-0.3, -0.25) is 0 Å². The number of aliphatic hydroxyl groups excluding tert-OH is 1. The molecular formula is C27H37N3O7S. The first kappa shape index (κ1) is 28.3. The summed E-state index contributed by atoms with van der Waals surface area (Å²) in [5, 5.41) is 14.1. The molecule has 2 heterocycles. The number of nitrogens with two attached hydrogens (primary N) is 1. The number of amides is 1. The maximum absolute atomic E-state index is 13.5. The number of hydrogen-bond acceptors (Lipinski definition) is 8. The Bertz CT molecular complexity index is 1160. The van der Waals surface area contributed by atoms with Crippen LogP contribution in [-0.4, -0.2) is 74.8 Å². The second-order valence-electron chi connectivity index (χ2n) is 10.3. The Morgan fingerprint density at radius 3 is 2.53 bits per heavy atom. The lowest BCUT2D eigenvalue weighted by atomic mass is 10.0. The van der Waals surface area contributed by atoms with E-state index in [2.05, 4.69) is 5.32 Å². The first-order valence-corrected chi connectivity index (χ1v) is 14.4. The van der Waals surface area contributed by atoms with Crippen LogP contribution < -0.4 is 11.1 Å². The smallest absolute Gasteiger partial charge is 0.407 e. The summed E-state index contributed by atoms with van der Waals surface area (Å²) in [6.45, 7) is 4.58. The lowest BCUT2D eigenvalue weighted by Crippen LogP contribution is -2.51. The largest absolute Gasteiger partial charge is 0.443 e. The minimum absolute atomic E-state index is 0.000183. The lowest BCUT2D eigenvalue weighted by Gasteiger charge is -2.31. The number of carbonyl (C=O) groups is 1. The van der Waals surface area contributed by atoms with E-state index in [-0.39, 0.29) is 49.1 Å². The number of carbonyl (C=O) groups excluding carboxylic acids is 1. The van der Waals surface area contributed by atoms with E-state index in [0.29, 0.717) is 12.3 Å². The third kappa shape index (κ3) is 7.03. The van der Waals surface area contributed by atoms with Gasteiger partial charge in [-0.25, -0.2) is 13.2 Å². The predicted octanol–water partition coefficient (Wildman–Crippen LogP) is 2.38. The fourth-order valence-electron chi connectivity index (χ4n) is 4.82. The van der Waals surface area contributed by atoms with E-state index in [9.17, 15) is 18.3 Å². The number of nitrogens with one attached hydrogen (secondary N) is 1. The van der Waals surface area contributed by atoms with Crippen LogP contribution in [0.1, 0.15) is 25.8 Å². The van der Waals surface area contributed by atoms with Crippen molar-refractivity contribution < 1.29 is 32.5 Å². The minimum atomic E-state index is -3.93. The van der Waals surface area contributed by atoms with E-state index in [4.69, 9.17) is 19.9 Å². The average Bonchev–Trinajstić information content (AvgIpc) is 3.49. The Hall–Kier alpha value is -2.70. The summed E-state index contributed by atoms with van der Waals surface area (Å²) < 4.78 is 44.9. The summed E-state index contributed by atoms with van der Waals surface area (Å²) in [7, 11) is -3.93. The van der Waals surface area contributed by atoms with Gasteiger partial charge < -0.3 is 30.4 Å². The molecule has 4 rings (SSSR count). The second-order valence-corrected chi connectivity index (χ2v) is 12.2. The zero-order valence-corrected chi connectivity index (χ0v) is 22.5. The molecule has 0 radical (unpaired) electrons. The Morgan fingerprint density at radius 2 is 1.84 bits per heavy atom. The van der Waals surface area contributed by atoms with Crippen molar-refractivity contribution in [3.05, 3.63) is 60.2 Å². The normalized spacial score (nSPS) is 22.8. The molecule has 10 nitrogen and oxygen atoms in total. The topological polar surface area (TPSA) is 140 Å². The minimum Gasteiger partial charge on any atom is -0.443 e. The van der Waals surface area contributed by atoms with Gasteiger partial charge in [-0.15, -0.1) is 0 Å². The number of hydrogen-bond donors (Lipinski definition) is 3. The molecule has 4 N–H and O–H groups in total. The van der Waals surface area contributed by atoms with Crippen molar-refractivity contribution in [3.8, 4) is 0 Å². The maximum Gasteiger partial charge on any atom is 0.407 e. The van der Waals surface area contributed by atoms with Crippen molar-refractivity contribution in [2.24, 2.45) is 11.8 Å². The van der Waals surface area contributed by atoms with Crippen molar-refractivity contribution >= 4 is 21.8 Å². The van der Waals surface area contributed by atoms with Crippen LogP contribution in [0, 0.1) is 11.8 Å². The van der Waals surface area contributed by atoms with Gasteiger partial charge in [0, 0.05) is 18.8 Å². The molecule has 2 aliphatic heterocycles. The van der Waals surface area contributed by atoms with Gasteiger partial charge in [-0.1, -0.05) is 44.2 Å². The first-order chi connectivity index (χ1) is 18.1. The van der Waals surface area contributed by atoms with Crippen LogP contribution in [0.4, 0.5) is 10.5 Å². The molecule has 2 aliphatic rings. The van der Waals surface area contributed by atoms with Crippen LogP contribution in [0.15, 0.2) is 59.5 Å². The Kier molecular flexibility index (Phi) is 9.27. The maximum atomic E-state index is 13.5. The fourth-order valence-corrected chi connectivity index (χ4v) is 6.45. The molecule has 5 atom stereocenters. The summed E-state index contributed by atoms with van der Waals surface area (Å²) in [5.41, 5.74) is 7.07. The molecule has 1 amide bonds. The molecule has 208 valence electrons. The van der Waals surface area contributed by atoms with E-state index >= 15 is 0 Å². The van der Waals surface area contributed by atoms with E-state index in [1.165, 1.54) is 28.6 Å². The SMILES string of the molecule is CC(C)CN(C[C@@H](O)[C@H](Cc1ccccc1)NC(=O)O[C@@H]1COC2OCCC21)S(=O)(=O)c1ccc(N)cc1. The molecule has 0 saturated carbocycles. The average molecular weight is 548 g/mol. The number of ether oxygens (including phenoxy) is 3. The van der Waals surface area contributed by atoms with Crippen LogP contribution in [0.5, 0.6) is 0 Å². The van der Waals surface area contributed by atoms with E-state index in [1.54, 1.807) is 0 Å². The van der Waals surface area contributed by atoms with Crippen molar-refractivity contribution in [1.29, 1.82) is 0 Å². The molecule has 11 heteroatoms. The molecule has 2 aromatic rings. The summed E-state index contributed by atoms with van der Waals surface area (Å²) in [6.07, 6.45) is -1.69. The molecule has 0 bridgehead atoms. The molecule has 0 spiro atoms. The van der Waals surface area contributed by atoms with Crippen LogP contribution in [0.3, 0.4) is 0 Å². The molecule has 0 aromatic heterocycles. The summed E-state index contributed by atoms with van der Waals surface area (Å²) in [4.78, 5) is 13.0. The number of benzene rings is 2. The fraction of sp³-hybridized carbons (Fsp3) is 0.519. The molecule has 2 aromatic carbocycles. The number of rotatable bonds is 11. The van der Waals surface area contributed by atoms with Crippen LogP contribution in [-0.2, 0) is 30.7 Å². The quantitative estimate of drug-likeness (QED) is 0.364. The Labute approximate surface area is 224 Å². The highest BCUT2D eigenvalue weighted by molar-refractivity contribution is 7.89. The van der Waals surface area contributed by atoms with Gasteiger partial charge in [0.05, 0.1) is 36.2 Å². The summed E-state index contributed by atoms with van der Waals surface area (Å²) in [6, 6.07) is 14.5. The number of alkyl carbamates (subject to hydrolysis) is 1. The van der Waals surface area contributed by atoms with Gasteiger partial charge in [-0.05, 0) is 48.6 Å². The highest BCUT2D eigenvalue weighted by Gasteiger charge is 2.44. The number of nitrogens with zero attached hydrogens (tertiary/aromatic N) is 1. The molecule has 38 heavy (non-hydrogen) atoms. The number of sulfonamides is 1. The standard InChI is InChI=1S/C27H37N3O7S/c1-18(2)15-30(38(33,34)21-10-8-20(28)9-11-21)16-24(31)23(14-19-6-4-3-5-7-19)29-27(32)37-25-17-36-26-22(25)12-13-35-26/h3-11,18,22-26,31H,12-17,28H2,1-2H3,(H,29,32)/t22?,23-,24+,25+,26?/m0/s1. The third-order valence-electron chi connectivity index (χ3n) is 6.79. The van der Waals surface area contributed by atoms with Crippen LogP contribution >= 0.6 is 0 Å². The van der Waals surface area contributed by atoms with Crippen molar-refractivity contribution in [2.45, 2.75) is 56.1 Å². The molecule has 2 unspecified atom stereocenters. The molecular weight excluding hydrogens is 510 g/mol. The van der Waals surface area contributed by atoms with Crippen molar-refractivity contribution in [2.75, 3.05) is 32.0 Å². The zero-order valence-electron chi connectivity index (χ0n) is 21.7. The van der Waals surface area contributed by atoms with E-state index < -0.39 is 34.4 Å². The highest BCUT2D eigenvalue weighted by atomic mass is 32.2. The monoisotopic (exact) mass is 547 g/mol. The third-order valence-corrected chi connectivity index (χ3v) is 8.63. The molecule has 2 saturated heterocycles. The van der Waals surface area contributed by atoms with E-state index in [1.807, 2.05) is 44.2 Å². The first-order valence-electron chi connectivity index (χ1n) is 12.9. The lowest BCUT2D eigenvalue weighted by molar-refractivity contribution is -0.0907. The second kappa shape index (κ2) is 12.4. The number of fused-ring (bicyclic) bond motifs is 1. The predicted molar refractivity (Wildman–Crippen MR) is 142 cm³/mol. The highest BCUT2D eigenvalue weighted by Crippen LogP contribution is 2.33. The zero-order chi connectivity index (χ0) is 27.3. The summed E-state index contributed by atoms with van der Waals surface area (Å²) in [5.74, 6) is -0.0231. The van der Waals surface area contributed by atoms with Gasteiger partial charge in [0.2, 0.25) is 10.0 Å². The number of aliphatic hydroxyl groups is 1. The van der Waals surface area contributed by atoms with Crippen molar-refractivity contribution in [3.63, 3.8) is 0 Å². The van der Waals surface area contributed by atoms with Gasteiger partial charge in [0.1, 0.15) is 6.10 Å². The number of nitrogen functional groups attached to an aromatic ring is 1. The summed E-state index contributed by atoms with van der Waals surface area (Å²) >= 11 is 0. The van der Waals surface area contributed by atoms with Crippen molar-refractivity contribution in [1.82, 2.24) is 9.62 Å².